The summed E-state index contributed by atoms with van der Waals surface area (Å²) in [6.45, 7) is 0.450. The third-order valence-corrected chi connectivity index (χ3v) is 5.89. The Morgan fingerprint density at radius 1 is 1.00 bits per heavy atom. The number of carboxylic acids is 1. The molecule has 0 bridgehead atoms. The van der Waals surface area contributed by atoms with E-state index in [0.717, 1.165) is 22.4 Å². The minimum atomic E-state index is -3.71. The molecule has 0 radical (unpaired) electrons. The van der Waals surface area contributed by atoms with Crippen molar-refractivity contribution < 1.29 is 18.3 Å². The standard InChI is InChI=1S/C22H21N5O4S/c23-32(30,31)18-8-3-16(4-9-18)13-24-20-10-11-21-25-14-19(27(21)26-20)17-6-1-15(2-7-17)5-12-22(28)29/h1-4,6-11,14H,5,12-13H2,(H,24,26)(H,28,29)(H2,23,30,31). The predicted molar refractivity (Wildman–Crippen MR) is 120 cm³/mol. The third kappa shape index (κ3) is 4.93. The summed E-state index contributed by atoms with van der Waals surface area (Å²) in [5, 5.41) is 21.8. The van der Waals surface area contributed by atoms with Crippen molar-refractivity contribution >= 4 is 27.5 Å². The second-order valence-electron chi connectivity index (χ2n) is 7.27. The van der Waals surface area contributed by atoms with Gasteiger partial charge in [-0.05, 0) is 41.8 Å². The lowest BCUT2D eigenvalue weighted by atomic mass is 10.1. The molecule has 4 N–H and O–H groups in total. The molecule has 164 valence electrons. The molecule has 0 atom stereocenters. The highest BCUT2D eigenvalue weighted by Crippen LogP contribution is 2.22. The van der Waals surface area contributed by atoms with Crippen LogP contribution in [0.5, 0.6) is 0 Å². The Labute approximate surface area is 184 Å². The first-order chi connectivity index (χ1) is 15.3. The van der Waals surface area contributed by atoms with E-state index in [1.165, 1.54) is 12.1 Å². The number of primary sulfonamides is 1. The van der Waals surface area contributed by atoms with Crippen LogP contribution in [-0.2, 0) is 27.8 Å². The average Bonchev–Trinajstić information content (AvgIpc) is 3.19. The van der Waals surface area contributed by atoms with Gasteiger partial charge in [0.25, 0.3) is 0 Å². The molecule has 32 heavy (non-hydrogen) atoms. The zero-order valence-electron chi connectivity index (χ0n) is 17.0. The zero-order valence-corrected chi connectivity index (χ0v) is 17.8. The smallest absolute Gasteiger partial charge is 0.303 e. The maximum Gasteiger partial charge on any atom is 0.303 e. The number of carboxylic acid groups (broad SMARTS) is 1. The Bertz CT molecular complexity index is 1360. The number of nitrogens with two attached hydrogens (primary N) is 1. The molecule has 10 heteroatoms. The number of nitrogens with one attached hydrogen (secondary N) is 1. The third-order valence-electron chi connectivity index (χ3n) is 4.97. The van der Waals surface area contributed by atoms with Crippen LogP contribution in [0.4, 0.5) is 5.82 Å². The Kier molecular flexibility index (Phi) is 5.89. The number of benzene rings is 2. The van der Waals surface area contributed by atoms with E-state index in [2.05, 4.69) is 15.4 Å². The minimum Gasteiger partial charge on any atom is -0.481 e. The van der Waals surface area contributed by atoms with Crippen molar-refractivity contribution in [3.8, 4) is 11.3 Å². The molecule has 0 aliphatic heterocycles. The number of hydrogen-bond donors (Lipinski definition) is 3. The molecule has 4 rings (SSSR count). The highest BCUT2D eigenvalue weighted by molar-refractivity contribution is 7.89. The van der Waals surface area contributed by atoms with Gasteiger partial charge in [0.05, 0.1) is 16.8 Å². The minimum absolute atomic E-state index is 0.0674. The molecule has 2 aromatic carbocycles. The lowest BCUT2D eigenvalue weighted by Crippen LogP contribution is -2.12. The summed E-state index contributed by atoms with van der Waals surface area (Å²) in [6, 6.07) is 17.7. The van der Waals surface area contributed by atoms with Gasteiger partial charge in [-0.1, -0.05) is 36.4 Å². The fourth-order valence-electron chi connectivity index (χ4n) is 3.25. The van der Waals surface area contributed by atoms with Gasteiger partial charge < -0.3 is 10.4 Å². The number of aliphatic carboxylic acids is 1. The van der Waals surface area contributed by atoms with Gasteiger partial charge in [-0.15, -0.1) is 5.10 Å². The first kappa shape index (κ1) is 21.5. The largest absolute Gasteiger partial charge is 0.481 e. The van der Waals surface area contributed by atoms with Crippen molar-refractivity contribution in [1.82, 2.24) is 14.6 Å². The van der Waals surface area contributed by atoms with Crippen LogP contribution < -0.4 is 10.5 Å². The molecule has 2 aromatic heterocycles. The highest BCUT2D eigenvalue weighted by atomic mass is 32.2. The van der Waals surface area contributed by atoms with Gasteiger partial charge in [-0.2, -0.15) is 0 Å². The fraction of sp³-hybridized carbons (Fsp3) is 0.136. The van der Waals surface area contributed by atoms with E-state index in [1.54, 1.807) is 22.8 Å². The number of carbonyl (C=O) groups is 1. The number of fused-ring (bicyclic) bond motifs is 1. The van der Waals surface area contributed by atoms with Crippen LogP contribution in [0.3, 0.4) is 0 Å². The van der Waals surface area contributed by atoms with Crippen LogP contribution in [0.2, 0.25) is 0 Å². The molecule has 9 nitrogen and oxygen atoms in total. The number of nitrogens with zero attached hydrogens (tertiary/aromatic N) is 3. The van der Waals surface area contributed by atoms with Crippen LogP contribution in [-0.4, -0.2) is 34.1 Å². The van der Waals surface area contributed by atoms with Crippen LogP contribution in [0, 0.1) is 0 Å². The average molecular weight is 452 g/mol. The number of aromatic nitrogens is 3. The fourth-order valence-corrected chi connectivity index (χ4v) is 3.76. The summed E-state index contributed by atoms with van der Waals surface area (Å²) in [7, 11) is -3.71. The molecule has 0 aliphatic carbocycles. The van der Waals surface area contributed by atoms with E-state index in [9.17, 15) is 13.2 Å². The highest BCUT2D eigenvalue weighted by Gasteiger charge is 2.10. The van der Waals surface area contributed by atoms with Crippen LogP contribution in [0.15, 0.2) is 71.8 Å². The van der Waals surface area contributed by atoms with E-state index in [0.29, 0.717) is 24.4 Å². The van der Waals surface area contributed by atoms with Crippen molar-refractivity contribution in [3.63, 3.8) is 0 Å². The first-order valence-electron chi connectivity index (χ1n) is 9.81. The molecule has 0 amide bonds. The van der Waals surface area contributed by atoms with E-state index >= 15 is 0 Å². The van der Waals surface area contributed by atoms with Crippen molar-refractivity contribution in [2.45, 2.75) is 24.3 Å². The van der Waals surface area contributed by atoms with E-state index in [1.807, 2.05) is 36.4 Å². The molecule has 0 unspecified atom stereocenters. The molecule has 4 aromatic rings. The van der Waals surface area contributed by atoms with E-state index in [-0.39, 0.29) is 11.3 Å². The summed E-state index contributed by atoms with van der Waals surface area (Å²) in [6.07, 6.45) is 2.31. The molecule has 0 fully saturated rings. The second-order valence-corrected chi connectivity index (χ2v) is 8.83. The van der Waals surface area contributed by atoms with E-state index < -0.39 is 16.0 Å². The molecule has 0 saturated carbocycles. The van der Waals surface area contributed by atoms with E-state index in [4.69, 9.17) is 10.2 Å². The Hall–Kier alpha value is -3.76. The Morgan fingerprint density at radius 3 is 2.34 bits per heavy atom. The topological polar surface area (TPSA) is 140 Å². The summed E-state index contributed by atoms with van der Waals surface area (Å²) in [5.41, 5.74) is 4.25. The van der Waals surface area contributed by atoms with Gasteiger partial charge in [0.2, 0.25) is 10.0 Å². The normalized spacial score (nSPS) is 11.5. The number of anilines is 1. The molecular weight excluding hydrogens is 430 g/mol. The monoisotopic (exact) mass is 451 g/mol. The summed E-state index contributed by atoms with van der Waals surface area (Å²) in [5.74, 6) is -0.189. The molecule has 0 spiro atoms. The zero-order chi connectivity index (χ0) is 22.7. The van der Waals surface area contributed by atoms with Crippen molar-refractivity contribution in [2.75, 3.05) is 5.32 Å². The number of sulfonamides is 1. The van der Waals surface area contributed by atoms with Crippen molar-refractivity contribution in [1.29, 1.82) is 0 Å². The number of aryl methyl sites for hydroxylation is 1. The maximum absolute atomic E-state index is 11.4. The Balaban J connectivity index is 1.51. The lowest BCUT2D eigenvalue weighted by molar-refractivity contribution is -0.136. The lowest BCUT2D eigenvalue weighted by Gasteiger charge is -2.08. The van der Waals surface area contributed by atoms with Gasteiger partial charge in [-0.25, -0.2) is 23.1 Å². The SMILES string of the molecule is NS(=O)(=O)c1ccc(CNc2ccc3ncc(-c4ccc(CCC(=O)O)cc4)n3n2)cc1. The van der Waals surface area contributed by atoms with Gasteiger partial charge in [0, 0.05) is 18.5 Å². The summed E-state index contributed by atoms with van der Waals surface area (Å²) >= 11 is 0. The molecular formula is C22H21N5O4S. The van der Waals surface area contributed by atoms with Crippen molar-refractivity contribution in [3.05, 3.63) is 78.0 Å². The maximum atomic E-state index is 11.4. The Morgan fingerprint density at radius 2 is 1.69 bits per heavy atom. The quantitative estimate of drug-likeness (QED) is 0.374. The first-order valence-corrected chi connectivity index (χ1v) is 11.4. The van der Waals surface area contributed by atoms with Crippen LogP contribution in [0.1, 0.15) is 17.5 Å². The van der Waals surface area contributed by atoms with Gasteiger partial charge >= 0.3 is 5.97 Å². The second kappa shape index (κ2) is 8.77. The van der Waals surface area contributed by atoms with Crippen molar-refractivity contribution in [2.24, 2.45) is 5.14 Å². The number of rotatable bonds is 8. The van der Waals surface area contributed by atoms with Gasteiger partial charge in [0.1, 0.15) is 5.82 Å². The molecule has 0 saturated heterocycles. The molecule has 2 heterocycles. The number of imidazole rings is 1. The van der Waals surface area contributed by atoms with Gasteiger partial charge in [-0.3, -0.25) is 4.79 Å². The van der Waals surface area contributed by atoms with Crippen LogP contribution >= 0.6 is 0 Å². The predicted octanol–water partition coefficient (Wildman–Crippen LogP) is 2.67. The number of hydrogen-bond acceptors (Lipinski definition) is 6. The summed E-state index contributed by atoms with van der Waals surface area (Å²) in [4.78, 5) is 15.2. The van der Waals surface area contributed by atoms with Crippen LogP contribution in [0.25, 0.3) is 16.9 Å². The molecule has 0 aliphatic rings. The summed E-state index contributed by atoms with van der Waals surface area (Å²) < 4.78 is 24.5. The van der Waals surface area contributed by atoms with Gasteiger partial charge in [0.15, 0.2) is 5.65 Å².